The molecule has 10 heteroatoms. The third-order valence-corrected chi connectivity index (χ3v) is 7.16. The zero-order valence-electron chi connectivity index (χ0n) is 15.2. The molecule has 0 saturated carbocycles. The van der Waals surface area contributed by atoms with E-state index in [2.05, 4.69) is 6.58 Å². The van der Waals surface area contributed by atoms with E-state index in [1.54, 1.807) is 12.1 Å². The molecule has 2 aromatic rings. The second-order valence-electron chi connectivity index (χ2n) is 6.20. The molecule has 2 aromatic carbocycles. The van der Waals surface area contributed by atoms with E-state index >= 15 is 0 Å². The van der Waals surface area contributed by atoms with Gasteiger partial charge in [-0.2, -0.15) is 4.31 Å². The summed E-state index contributed by atoms with van der Waals surface area (Å²) in [7, 11) is -4.00. The van der Waals surface area contributed by atoms with Crippen LogP contribution in [0.1, 0.15) is 5.56 Å². The lowest BCUT2D eigenvalue weighted by Gasteiger charge is -2.34. The number of halogens is 1. The molecule has 0 spiro atoms. The van der Waals surface area contributed by atoms with Crippen LogP contribution in [0.25, 0.3) is 0 Å². The monoisotopic (exact) mass is 438 g/mol. The molecule has 7 nitrogen and oxygen atoms in total. The van der Waals surface area contributed by atoms with Crippen molar-refractivity contribution in [2.24, 2.45) is 0 Å². The SMILES string of the molecule is C=C1SCCN(S(=O)(=O)c2ccc(OCc3ccc(F)cc3)cc2)[C@H]1C(=O)NO. The number of hydrogen-bond donors (Lipinski definition) is 2. The van der Waals surface area contributed by atoms with Crippen molar-refractivity contribution in [2.45, 2.75) is 17.5 Å². The van der Waals surface area contributed by atoms with E-state index in [0.717, 1.165) is 9.87 Å². The fourth-order valence-electron chi connectivity index (χ4n) is 2.82. The average molecular weight is 439 g/mol. The highest BCUT2D eigenvalue weighted by molar-refractivity contribution is 8.03. The van der Waals surface area contributed by atoms with Gasteiger partial charge in [0.25, 0.3) is 5.91 Å². The Morgan fingerprint density at radius 1 is 1.24 bits per heavy atom. The molecule has 1 atom stereocenters. The van der Waals surface area contributed by atoms with E-state index in [0.29, 0.717) is 16.4 Å². The van der Waals surface area contributed by atoms with Crippen LogP contribution in [0, 0.1) is 5.82 Å². The lowest BCUT2D eigenvalue weighted by molar-refractivity contribution is -0.131. The van der Waals surface area contributed by atoms with Crippen molar-refractivity contribution < 1.29 is 27.5 Å². The quantitative estimate of drug-likeness (QED) is 0.532. The van der Waals surface area contributed by atoms with Crippen LogP contribution in [0.5, 0.6) is 5.75 Å². The molecule has 1 aliphatic rings. The van der Waals surface area contributed by atoms with Gasteiger partial charge in [0.1, 0.15) is 24.2 Å². The van der Waals surface area contributed by atoms with Gasteiger partial charge in [-0.15, -0.1) is 11.8 Å². The first kappa shape index (κ1) is 21.3. The first-order valence-corrected chi connectivity index (χ1v) is 11.0. The molecule has 0 radical (unpaired) electrons. The molecule has 1 heterocycles. The van der Waals surface area contributed by atoms with Gasteiger partial charge >= 0.3 is 0 Å². The fourth-order valence-corrected chi connectivity index (χ4v) is 5.53. The predicted octanol–water partition coefficient (Wildman–Crippen LogP) is 2.53. The maximum atomic E-state index is 13.0. The van der Waals surface area contributed by atoms with Gasteiger partial charge in [0.15, 0.2) is 0 Å². The molecule has 1 saturated heterocycles. The summed E-state index contributed by atoms with van der Waals surface area (Å²) in [6.07, 6.45) is 0. The highest BCUT2D eigenvalue weighted by Gasteiger charge is 2.40. The third-order valence-electron chi connectivity index (χ3n) is 4.30. The predicted molar refractivity (Wildman–Crippen MR) is 106 cm³/mol. The minimum atomic E-state index is -4.00. The number of rotatable bonds is 6. The van der Waals surface area contributed by atoms with Crippen LogP contribution < -0.4 is 10.2 Å². The third kappa shape index (κ3) is 4.78. The lowest BCUT2D eigenvalue weighted by Crippen LogP contribution is -2.52. The lowest BCUT2D eigenvalue weighted by atomic mass is 10.2. The zero-order valence-corrected chi connectivity index (χ0v) is 16.9. The van der Waals surface area contributed by atoms with Crippen molar-refractivity contribution in [3.8, 4) is 5.75 Å². The second kappa shape index (κ2) is 8.95. The number of thioether (sulfide) groups is 1. The number of benzene rings is 2. The Hall–Kier alpha value is -2.40. The molecular formula is C19H19FN2O5S2. The standard InChI is InChI=1S/C19H19FN2O5S2/c1-13-18(19(23)21-24)22(10-11-28-13)29(25,26)17-8-6-16(7-9-17)27-12-14-2-4-15(20)5-3-14/h2-9,18,24H,1,10-12H2,(H,21,23)/t18-/m1/s1. The highest BCUT2D eigenvalue weighted by Crippen LogP contribution is 2.32. The van der Waals surface area contributed by atoms with Crippen molar-refractivity contribution in [3.05, 3.63) is 71.4 Å². The van der Waals surface area contributed by atoms with Crippen molar-refractivity contribution in [3.63, 3.8) is 0 Å². The van der Waals surface area contributed by atoms with Gasteiger partial charge < -0.3 is 4.74 Å². The Bertz CT molecular complexity index is 986. The molecule has 154 valence electrons. The number of nitrogens with zero attached hydrogens (tertiary/aromatic N) is 1. The largest absolute Gasteiger partial charge is 0.489 e. The zero-order chi connectivity index (χ0) is 21.0. The Balaban J connectivity index is 1.75. The van der Waals surface area contributed by atoms with E-state index in [1.807, 2.05) is 0 Å². The number of amides is 1. The summed E-state index contributed by atoms with van der Waals surface area (Å²) in [5.74, 6) is -0.302. The first-order chi connectivity index (χ1) is 13.8. The number of carbonyl (C=O) groups is 1. The van der Waals surface area contributed by atoms with Gasteiger partial charge in [-0.05, 0) is 42.0 Å². The summed E-state index contributed by atoms with van der Waals surface area (Å²) in [5.41, 5.74) is 2.27. The maximum Gasteiger partial charge on any atom is 0.266 e. The van der Waals surface area contributed by atoms with Crippen LogP contribution in [0.3, 0.4) is 0 Å². The minimum Gasteiger partial charge on any atom is -0.489 e. The molecule has 0 bridgehead atoms. The van der Waals surface area contributed by atoms with Crippen molar-refractivity contribution >= 4 is 27.7 Å². The van der Waals surface area contributed by atoms with Gasteiger partial charge in [-0.3, -0.25) is 10.0 Å². The van der Waals surface area contributed by atoms with E-state index in [-0.39, 0.29) is 23.9 Å². The molecular weight excluding hydrogens is 419 g/mol. The van der Waals surface area contributed by atoms with E-state index in [1.165, 1.54) is 53.6 Å². The summed E-state index contributed by atoms with van der Waals surface area (Å²) in [5, 5.41) is 8.95. The normalized spacial score (nSPS) is 17.7. The summed E-state index contributed by atoms with van der Waals surface area (Å²) in [6.45, 7) is 4.04. The Labute approximate surface area is 172 Å². The number of sulfonamides is 1. The molecule has 29 heavy (non-hydrogen) atoms. The fraction of sp³-hybridized carbons (Fsp3) is 0.211. The Morgan fingerprint density at radius 2 is 1.90 bits per heavy atom. The number of hydroxylamine groups is 1. The summed E-state index contributed by atoms with van der Waals surface area (Å²) in [6, 6.07) is 10.4. The van der Waals surface area contributed by atoms with E-state index in [4.69, 9.17) is 9.94 Å². The minimum absolute atomic E-state index is 0.0120. The van der Waals surface area contributed by atoms with Crippen LogP contribution >= 0.6 is 11.8 Å². The Kier molecular flexibility index (Phi) is 6.58. The smallest absolute Gasteiger partial charge is 0.266 e. The van der Waals surface area contributed by atoms with Gasteiger partial charge in [0.05, 0.1) is 4.90 Å². The highest BCUT2D eigenvalue weighted by atomic mass is 32.2. The van der Waals surface area contributed by atoms with Gasteiger partial charge in [0.2, 0.25) is 10.0 Å². The van der Waals surface area contributed by atoms with Crippen LogP contribution in [-0.4, -0.2) is 42.2 Å². The molecule has 2 N–H and O–H groups in total. The number of nitrogens with one attached hydrogen (secondary N) is 1. The van der Waals surface area contributed by atoms with Gasteiger partial charge in [-0.1, -0.05) is 18.7 Å². The van der Waals surface area contributed by atoms with Gasteiger partial charge in [0, 0.05) is 17.2 Å². The summed E-state index contributed by atoms with van der Waals surface area (Å²) in [4.78, 5) is 12.3. The average Bonchev–Trinajstić information content (AvgIpc) is 2.73. The maximum absolute atomic E-state index is 13.0. The van der Waals surface area contributed by atoms with E-state index in [9.17, 15) is 17.6 Å². The van der Waals surface area contributed by atoms with Crippen LogP contribution in [0.4, 0.5) is 4.39 Å². The van der Waals surface area contributed by atoms with E-state index < -0.39 is 22.0 Å². The van der Waals surface area contributed by atoms with Gasteiger partial charge in [-0.25, -0.2) is 18.3 Å². The number of hydrogen-bond acceptors (Lipinski definition) is 6. The molecule has 3 rings (SSSR count). The second-order valence-corrected chi connectivity index (χ2v) is 9.31. The molecule has 0 unspecified atom stereocenters. The van der Waals surface area contributed by atoms with Crippen LogP contribution in [-0.2, 0) is 21.4 Å². The molecule has 1 fully saturated rings. The summed E-state index contributed by atoms with van der Waals surface area (Å²) < 4.78 is 45.6. The Morgan fingerprint density at radius 3 is 2.52 bits per heavy atom. The topological polar surface area (TPSA) is 95.9 Å². The van der Waals surface area contributed by atoms with Crippen LogP contribution in [0.15, 0.2) is 64.9 Å². The molecule has 1 aliphatic heterocycles. The van der Waals surface area contributed by atoms with Crippen molar-refractivity contribution in [1.82, 2.24) is 9.79 Å². The first-order valence-electron chi connectivity index (χ1n) is 8.57. The number of carbonyl (C=O) groups excluding carboxylic acids is 1. The molecule has 0 aliphatic carbocycles. The molecule has 1 amide bonds. The van der Waals surface area contributed by atoms with Crippen LogP contribution in [0.2, 0.25) is 0 Å². The van der Waals surface area contributed by atoms with Crippen molar-refractivity contribution in [2.75, 3.05) is 12.3 Å². The van der Waals surface area contributed by atoms with Crippen molar-refractivity contribution in [1.29, 1.82) is 0 Å². The summed E-state index contributed by atoms with van der Waals surface area (Å²) >= 11 is 1.28. The number of ether oxygens (including phenoxy) is 1. The molecule has 0 aromatic heterocycles.